The fourth-order valence-electron chi connectivity index (χ4n) is 1.36. The van der Waals surface area contributed by atoms with Gasteiger partial charge in [0.15, 0.2) is 0 Å². The highest BCUT2D eigenvalue weighted by molar-refractivity contribution is 5.96. The quantitative estimate of drug-likeness (QED) is 0.619. The number of carbonyl (C=O) groups excluding carboxylic acids is 1. The van der Waals surface area contributed by atoms with Gasteiger partial charge in [0, 0.05) is 32.0 Å². The van der Waals surface area contributed by atoms with Gasteiger partial charge in [-0.15, -0.1) is 0 Å². The van der Waals surface area contributed by atoms with Gasteiger partial charge in [0.1, 0.15) is 0 Å². The zero-order valence-corrected chi connectivity index (χ0v) is 8.33. The summed E-state index contributed by atoms with van der Waals surface area (Å²) in [4.78, 5) is 13.2. The topological polar surface area (TPSA) is 55.6 Å². The van der Waals surface area contributed by atoms with Gasteiger partial charge < -0.3 is 15.4 Å². The second kappa shape index (κ2) is 3.79. The van der Waals surface area contributed by atoms with E-state index in [0.29, 0.717) is 11.3 Å². The van der Waals surface area contributed by atoms with E-state index in [2.05, 4.69) is 0 Å². The summed E-state index contributed by atoms with van der Waals surface area (Å²) in [7, 11) is 3.36. The molecule has 0 aromatic heterocycles. The Balaban J connectivity index is 2.86. The molecule has 0 bridgehead atoms. The lowest BCUT2D eigenvalue weighted by molar-refractivity contribution is -0.123. The number of amides is 1. The Hall–Kier alpha value is -1.03. The van der Waals surface area contributed by atoms with E-state index >= 15 is 0 Å². The zero-order chi connectivity index (χ0) is 10.0. The molecule has 4 nitrogen and oxygen atoms in total. The highest BCUT2D eigenvalue weighted by Gasteiger charge is 2.26. The van der Waals surface area contributed by atoms with Crippen molar-refractivity contribution >= 4 is 5.91 Å². The van der Waals surface area contributed by atoms with Crippen LogP contribution in [0.15, 0.2) is 11.3 Å². The lowest BCUT2D eigenvalue weighted by atomic mass is 10.1. The number of rotatable bonds is 2. The Morgan fingerprint density at radius 3 is 2.69 bits per heavy atom. The molecule has 4 heteroatoms. The fourth-order valence-corrected chi connectivity index (χ4v) is 1.36. The smallest absolute Gasteiger partial charge is 0.251 e. The first-order valence-electron chi connectivity index (χ1n) is 4.34. The maximum atomic E-state index is 11.5. The minimum Gasteiger partial charge on any atom is -0.400 e. The number of hydrogen-bond acceptors (Lipinski definition) is 3. The third-order valence-electron chi connectivity index (χ3n) is 2.44. The van der Waals surface area contributed by atoms with Crippen LogP contribution < -0.4 is 5.73 Å². The number of ether oxygens (including phenoxy) is 1. The molecule has 0 spiro atoms. The Bertz CT molecular complexity index is 248. The minimum atomic E-state index is -0.176. The third-order valence-corrected chi connectivity index (χ3v) is 2.44. The summed E-state index contributed by atoms with van der Waals surface area (Å²) in [6, 6.07) is 0. The molecule has 1 atom stereocenters. The van der Waals surface area contributed by atoms with Gasteiger partial charge in [-0.2, -0.15) is 0 Å². The van der Waals surface area contributed by atoms with Crippen molar-refractivity contribution in [2.75, 3.05) is 20.7 Å². The van der Waals surface area contributed by atoms with Crippen LogP contribution in [0.1, 0.15) is 13.3 Å². The number of methoxy groups -OCH3 is 1. The van der Waals surface area contributed by atoms with Crippen molar-refractivity contribution in [3.05, 3.63) is 11.3 Å². The predicted molar refractivity (Wildman–Crippen MR) is 49.9 cm³/mol. The van der Waals surface area contributed by atoms with E-state index in [1.54, 1.807) is 19.1 Å². The predicted octanol–water partition coefficient (Wildman–Crippen LogP) is 0.0962. The average Bonchev–Trinajstić information content (AvgIpc) is 2.45. The third kappa shape index (κ3) is 1.83. The number of hydrogen-bond donors (Lipinski definition) is 1. The lowest BCUT2D eigenvalue weighted by Gasteiger charge is -2.12. The molecule has 2 N–H and O–H groups in total. The molecule has 1 fully saturated rings. The van der Waals surface area contributed by atoms with E-state index in [9.17, 15) is 4.79 Å². The maximum absolute atomic E-state index is 11.5. The molecular formula is C9H16N2O2. The zero-order valence-electron chi connectivity index (χ0n) is 8.33. The summed E-state index contributed by atoms with van der Waals surface area (Å²) < 4.78 is 5.05. The molecule has 1 heterocycles. The Morgan fingerprint density at radius 1 is 1.69 bits per heavy atom. The molecule has 0 radical (unpaired) electrons. The number of likely N-dealkylation sites (N-methyl/N-ethyl adjacent to an activating group) is 1. The van der Waals surface area contributed by atoms with Crippen molar-refractivity contribution in [3.8, 4) is 0 Å². The number of nitrogens with two attached hydrogens (primary N) is 1. The SMILES string of the molecule is COC(C)/C(N)=C1\CCN(C)C1=O. The summed E-state index contributed by atoms with van der Waals surface area (Å²) >= 11 is 0. The molecule has 13 heavy (non-hydrogen) atoms. The van der Waals surface area contributed by atoms with Crippen molar-refractivity contribution in [1.82, 2.24) is 4.90 Å². The first-order valence-corrected chi connectivity index (χ1v) is 4.34. The normalized spacial score (nSPS) is 23.6. The highest BCUT2D eigenvalue weighted by Crippen LogP contribution is 2.19. The van der Waals surface area contributed by atoms with E-state index in [4.69, 9.17) is 10.5 Å². The van der Waals surface area contributed by atoms with Gasteiger partial charge in [-0.25, -0.2) is 0 Å². The highest BCUT2D eigenvalue weighted by atomic mass is 16.5. The molecule has 1 unspecified atom stereocenters. The van der Waals surface area contributed by atoms with E-state index in [-0.39, 0.29) is 12.0 Å². The molecular weight excluding hydrogens is 168 g/mol. The summed E-state index contributed by atoms with van der Waals surface area (Å²) in [5.74, 6) is 0.0291. The molecule has 1 aliphatic rings. The van der Waals surface area contributed by atoms with Gasteiger partial charge in [-0.05, 0) is 13.3 Å². The van der Waals surface area contributed by atoms with Gasteiger partial charge in [-0.1, -0.05) is 0 Å². The van der Waals surface area contributed by atoms with Crippen molar-refractivity contribution < 1.29 is 9.53 Å². The van der Waals surface area contributed by atoms with E-state index < -0.39 is 0 Å². The first kappa shape index (κ1) is 10.1. The van der Waals surface area contributed by atoms with Crippen LogP contribution in [-0.4, -0.2) is 37.6 Å². The van der Waals surface area contributed by atoms with Crippen molar-refractivity contribution in [2.45, 2.75) is 19.4 Å². The van der Waals surface area contributed by atoms with Crippen LogP contribution in [0.2, 0.25) is 0 Å². The van der Waals surface area contributed by atoms with Crippen LogP contribution in [0, 0.1) is 0 Å². The number of likely N-dealkylation sites (tertiary alicyclic amines) is 1. The Labute approximate surface area is 78.3 Å². The van der Waals surface area contributed by atoms with Crippen molar-refractivity contribution in [3.63, 3.8) is 0 Å². The Morgan fingerprint density at radius 2 is 2.31 bits per heavy atom. The summed E-state index contributed by atoms with van der Waals surface area (Å²) in [5.41, 5.74) is 7.06. The lowest BCUT2D eigenvalue weighted by Crippen LogP contribution is -2.24. The monoisotopic (exact) mass is 184 g/mol. The van der Waals surface area contributed by atoms with Crippen LogP contribution in [0.4, 0.5) is 0 Å². The molecule has 74 valence electrons. The molecule has 1 amide bonds. The van der Waals surface area contributed by atoms with E-state index in [1.165, 1.54) is 0 Å². The Kier molecular flexibility index (Phi) is 2.93. The molecule has 1 saturated heterocycles. The molecule has 0 aromatic rings. The fraction of sp³-hybridized carbons (Fsp3) is 0.667. The van der Waals surface area contributed by atoms with Gasteiger partial charge in [-0.3, -0.25) is 4.79 Å². The van der Waals surface area contributed by atoms with Gasteiger partial charge in [0.05, 0.1) is 6.10 Å². The minimum absolute atomic E-state index is 0.0291. The van der Waals surface area contributed by atoms with Crippen LogP contribution in [0.3, 0.4) is 0 Å². The summed E-state index contributed by atoms with van der Waals surface area (Å²) in [5, 5.41) is 0. The van der Waals surface area contributed by atoms with E-state index in [1.807, 2.05) is 6.92 Å². The second-order valence-corrected chi connectivity index (χ2v) is 3.29. The van der Waals surface area contributed by atoms with Crippen LogP contribution in [0.25, 0.3) is 0 Å². The average molecular weight is 184 g/mol. The van der Waals surface area contributed by atoms with Crippen molar-refractivity contribution in [2.24, 2.45) is 5.73 Å². The summed E-state index contributed by atoms with van der Waals surface area (Å²) in [6.07, 6.45) is 0.556. The van der Waals surface area contributed by atoms with Crippen LogP contribution in [-0.2, 0) is 9.53 Å². The van der Waals surface area contributed by atoms with Crippen LogP contribution >= 0.6 is 0 Å². The molecule has 0 saturated carbocycles. The summed E-state index contributed by atoms with van der Waals surface area (Å²) in [6.45, 7) is 2.60. The molecule has 1 aliphatic heterocycles. The standard InChI is InChI=1S/C9H16N2O2/c1-6(13-3)8(10)7-4-5-11(2)9(7)12/h6H,4-5,10H2,1-3H3/b8-7-. The van der Waals surface area contributed by atoms with Gasteiger partial charge >= 0.3 is 0 Å². The number of nitrogens with zero attached hydrogens (tertiary/aromatic N) is 1. The molecule has 1 rings (SSSR count). The van der Waals surface area contributed by atoms with Crippen molar-refractivity contribution in [1.29, 1.82) is 0 Å². The van der Waals surface area contributed by atoms with Gasteiger partial charge in [0.2, 0.25) is 0 Å². The molecule has 0 aromatic carbocycles. The second-order valence-electron chi connectivity index (χ2n) is 3.29. The maximum Gasteiger partial charge on any atom is 0.251 e. The van der Waals surface area contributed by atoms with E-state index in [0.717, 1.165) is 13.0 Å². The molecule has 0 aliphatic carbocycles. The first-order chi connectivity index (χ1) is 6.07. The largest absolute Gasteiger partial charge is 0.400 e. The number of carbonyl (C=O) groups is 1. The van der Waals surface area contributed by atoms with Gasteiger partial charge in [0.25, 0.3) is 5.91 Å². The van der Waals surface area contributed by atoms with Crippen LogP contribution in [0.5, 0.6) is 0 Å².